The first kappa shape index (κ1) is 22.3. The molecule has 24 heavy (non-hydrogen) atoms. The summed E-state index contributed by atoms with van der Waals surface area (Å²) in [4.78, 5) is 10.3. The number of carbonyl (C=O) groups is 1. The molecule has 0 rings (SSSR count). The number of unbranched alkanes of at least 4 members (excludes halogenated alkanes) is 11. The van der Waals surface area contributed by atoms with Gasteiger partial charge in [0.1, 0.15) is 0 Å². The maximum absolute atomic E-state index is 10.3. The smallest absolute Gasteiger partial charge is 0.328 e. The molecular weight excluding hydrogens is 304 g/mol. The molecule has 0 heterocycles. The summed E-state index contributed by atoms with van der Waals surface area (Å²) in [7, 11) is 0. The molecule has 4 heteroatoms. The third kappa shape index (κ3) is 15.2. The van der Waals surface area contributed by atoms with E-state index >= 15 is 0 Å². The van der Waals surface area contributed by atoms with Crippen LogP contribution in [-0.2, 0) is 4.79 Å². The van der Waals surface area contributed by atoms with Crippen molar-refractivity contribution in [2.24, 2.45) is 0 Å². The van der Waals surface area contributed by atoms with Gasteiger partial charge >= 0.3 is 5.97 Å². The highest BCUT2D eigenvalue weighted by Crippen LogP contribution is 2.13. The fourth-order valence-electron chi connectivity index (χ4n) is 2.46. The van der Waals surface area contributed by atoms with Gasteiger partial charge < -0.3 is 15.3 Å². The van der Waals surface area contributed by atoms with Crippen LogP contribution in [-0.4, -0.2) is 21.3 Å². The number of hydrogen-bond acceptors (Lipinski definition) is 3. The van der Waals surface area contributed by atoms with Gasteiger partial charge in [0.2, 0.25) is 0 Å². The summed E-state index contributed by atoms with van der Waals surface area (Å²) in [5.41, 5.74) is 0. The molecule has 3 N–H and O–H groups in total. The Labute approximate surface area is 146 Å². The predicted molar refractivity (Wildman–Crippen MR) is 99.3 cm³/mol. The average Bonchev–Trinajstić information content (AvgIpc) is 2.55. The van der Waals surface area contributed by atoms with Crippen molar-refractivity contribution in [3.63, 3.8) is 0 Å². The molecule has 0 aromatic heterocycles. The topological polar surface area (TPSA) is 77.8 Å². The zero-order valence-electron chi connectivity index (χ0n) is 15.0. The molecule has 0 fully saturated rings. The average molecular weight is 338 g/mol. The van der Waals surface area contributed by atoms with Crippen LogP contribution in [0.2, 0.25) is 0 Å². The molecule has 0 saturated heterocycles. The third-order valence-electron chi connectivity index (χ3n) is 3.90. The van der Waals surface area contributed by atoms with Crippen LogP contribution in [0.3, 0.4) is 0 Å². The molecule has 0 aliphatic carbocycles. The van der Waals surface area contributed by atoms with Crippen molar-refractivity contribution < 1.29 is 20.1 Å². The van der Waals surface area contributed by atoms with Gasteiger partial charge in [0.25, 0.3) is 0 Å². The Hall–Kier alpha value is -1.71. The SMILES string of the molecule is CCCCCCCCCCCCC/C=C(O)/C(O)=C/C=C/C(=O)O. The second-order valence-electron chi connectivity index (χ2n) is 6.16. The Morgan fingerprint density at radius 2 is 1.25 bits per heavy atom. The summed E-state index contributed by atoms with van der Waals surface area (Å²) in [6.07, 6.45) is 19.6. The number of aliphatic carboxylic acids is 1. The fourth-order valence-corrected chi connectivity index (χ4v) is 2.46. The van der Waals surface area contributed by atoms with Crippen LogP contribution in [0.1, 0.15) is 84.0 Å². The van der Waals surface area contributed by atoms with Gasteiger partial charge in [-0.2, -0.15) is 0 Å². The highest BCUT2D eigenvalue weighted by atomic mass is 16.4. The number of carboxylic acid groups (broad SMARTS) is 1. The normalized spacial score (nSPS) is 12.9. The molecule has 0 radical (unpaired) electrons. The van der Waals surface area contributed by atoms with Crippen LogP contribution in [0.15, 0.2) is 35.8 Å². The number of rotatable bonds is 15. The lowest BCUT2D eigenvalue weighted by atomic mass is 10.1. The molecular formula is C20H34O4. The summed E-state index contributed by atoms with van der Waals surface area (Å²) >= 11 is 0. The first-order valence-electron chi connectivity index (χ1n) is 9.27. The van der Waals surface area contributed by atoms with E-state index in [1.54, 1.807) is 6.08 Å². The minimum absolute atomic E-state index is 0.197. The second kappa shape index (κ2) is 16.2. The maximum Gasteiger partial charge on any atom is 0.328 e. The monoisotopic (exact) mass is 338 g/mol. The second-order valence-corrected chi connectivity index (χ2v) is 6.16. The zero-order chi connectivity index (χ0) is 18.0. The summed E-state index contributed by atoms with van der Waals surface area (Å²) in [5.74, 6) is -1.60. The van der Waals surface area contributed by atoms with Crippen LogP contribution < -0.4 is 0 Å². The zero-order valence-corrected chi connectivity index (χ0v) is 15.0. The van der Waals surface area contributed by atoms with Crippen molar-refractivity contribution >= 4 is 5.97 Å². The predicted octanol–water partition coefficient (Wildman–Crippen LogP) is 6.21. The van der Waals surface area contributed by atoms with Crippen molar-refractivity contribution in [1.29, 1.82) is 0 Å². The van der Waals surface area contributed by atoms with E-state index in [1.807, 2.05) is 0 Å². The van der Waals surface area contributed by atoms with Crippen LogP contribution >= 0.6 is 0 Å². The van der Waals surface area contributed by atoms with E-state index in [1.165, 1.54) is 69.9 Å². The molecule has 0 spiro atoms. The van der Waals surface area contributed by atoms with Gasteiger partial charge in [-0.1, -0.05) is 77.2 Å². The lowest BCUT2D eigenvalue weighted by Crippen LogP contribution is -1.88. The van der Waals surface area contributed by atoms with Gasteiger partial charge in [0.05, 0.1) is 0 Å². The van der Waals surface area contributed by atoms with E-state index in [-0.39, 0.29) is 11.5 Å². The summed E-state index contributed by atoms with van der Waals surface area (Å²) in [6, 6.07) is 0. The van der Waals surface area contributed by atoms with Gasteiger partial charge in [-0.25, -0.2) is 4.79 Å². The van der Waals surface area contributed by atoms with Gasteiger partial charge in [-0.05, 0) is 25.0 Å². The van der Waals surface area contributed by atoms with Crippen LogP contribution in [0.4, 0.5) is 0 Å². The Morgan fingerprint density at radius 3 is 1.75 bits per heavy atom. The highest BCUT2D eigenvalue weighted by Gasteiger charge is 1.98. The maximum atomic E-state index is 10.3. The van der Waals surface area contributed by atoms with Crippen molar-refractivity contribution in [1.82, 2.24) is 0 Å². The summed E-state index contributed by atoms with van der Waals surface area (Å²) in [6.45, 7) is 2.24. The van der Waals surface area contributed by atoms with Crippen LogP contribution in [0, 0.1) is 0 Å². The van der Waals surface area contributed by atoms with Crippen molar-refractivity contribution in [3.05, 3.63) is 35.8 Å². The summed E-state index contributed by atoms with van der Waals surface area (Å²) < 4.78 is 0. The number of hydrogen-bond donors (Lipinski definition) is 3. The fraction of sp³-hybridized carbons (Fsp3) is 0.650. The molecule has 0 bridgehead atoms. The molecule has 0 atom stereocenters. The van der Waals surface area contributed by atoms with E-state index in [9.17, 15) is 15.0 Å². The van der Waals surface area contributed by atoms with E-state index in [0.29, 0.717) is 6.42 Å². The molecule has 0 aromatic rings. The van der Waals surface area contributed by atoms with E-state index in [4.69, 9.17) is 5.11 Å². The Balaban J connectivity index is 3.58. The lowest BCUT2D eigenvalue weighted by molar-refractivity contribution is -0.131. The number of aliphatic hydroxyl groups is 2. The molecule has 138 valence electrons. The number of aliphatic hydroxyl groups excluding tert-OH is 2. The molecule has 0 unspecified atom stereocenters. The van der Waals surface area contributed by atoms with Crippen LogP contribution in [0.5, 0.6) is 0 Å². The molecule has 0 aromatic carbocycles. The van der Waals surface area contributed by atoms with Gasteiger partial charge in [0.15, 0.2) is 11.5 Å². The molecule has 0 amide bonds. The first-order valence-corrected chi connectivity index (χ1v) is 9.27. The first-order chi connectivity index (χ1) is 11.6. The molecule has 0 aliphatic heterocycles. The van der Waals surface area contributed by atoms with Crippen molar-refractivity contribution in [3.8, 4) is 0 Å². The minimum atomic E-state index is -1.09. The third-order valence-corrected chi connectivity index (χ3v) is 3.90. The Morgan fingerprint density at radius 1 is 0.750 bits per heavy atom. The summed E-state index contributed by atoms with van der Waals surface area (Å²) in [5, 5.41) is 27.5. The number of carboxylic acids is 1. The van der Waals surface area contributed by atoms with Crippen molar-refractivity contribution in [2.45, 2.75) is 84.0 Å². The largest absolute Gasteiger partial charge is 0.504 e. The minimum Gasteiger partial charge on any atom is -0.504 e. The van der Waals surface area contributed by atoms with Crippen molar-refractivity contribution in [2.75, 3.05) is 0 Å². The number of allylic oxidation sites excluding steroid dienone is 3. The Bertz CT molecular complexity index is 408. The standard InChI is InChI=1S/C20H34O4/c1-2-3-4-5-6-7-8-9-10-11-12-13-15-18(21)19(22)16-14-17-20(23)24/h14-17,21-22H,2-13H2,1H3,(H,23,24)/b17-14+,18-15-,19-16-. The Kier molecular flexibility index (Phi) is 15.0. The molecule has 0 aliphatic rings. The van der Waals surface area contributed by atoms with E-state index in [2.05, 4.69) is 6.92 Å². The highest BCUT2D eigenvalue weighted by molar-refractivity contribution is 5.80. The van der Waals surface area contributed by atoms with E-state index < -0.39 is 5.97 Å². The van der Waals surface area contributed by atoms with Gasteiger partial charge in [-0.3, -0.25) is 0 Å². The van der Waals surface area contributed by atoms with Gasteiger partial charge in [-0.15, -0.1) is 0 Å². The van der Waals surface area contributed by atoms with Gasteiger partial charge in [0, 0.05) is 6.08 Å². The molecule has 0 saturated carbocycles. The van der Waals surface area contributed by atoms with E-state index in [0.717, 1.165) is 18.9 Å². The molecule has 4 nitrogen and oxygen atoms in total. The van der Waals surface area contributed by atoms with Crippen LogP contribution in [0.25, 0.3) is 0 Å². The quantitative estimate of drug-likeness (QED) is 0.143. The lowest BCUT2D eigenvalue weighted by Gasteiger charge is -2.02.